The predicted molar refractivity (Wildman–Crippen MR) is 145 cm³/mol. The zero-order valence-corrected chi connectivity index (χ0v) is 22.7. The minimum absolute atomic E-state index is 0.510. The van der Waals surface area contributed by atoms with Crippen molar-refractivity contribution in [3.8, 4) is 0 Å². The first-order chi connectivity index (χ1) is 14.4. The fraction of sp³-hybridized carbons (Fsp3) is 1.00. The highest BCUT2D eigenvalue weighted by Gasteiger charge is 2.29. The van der Waals surface area contributed by atoms with Gasteiger partial charge in [-0.2, -0.15) is 12.6 Å². The second-order valence-electron chi connectivity index (χ2n) is 11.7. The van der Waals surface area contributed by atoms with Crippen molar-refractivity contribution >= 4 is 20.5 Å². The Morgan fingerprint density at radius 3 is 2.20 bits per heavy atom. The fourth-order valence-corrected chi connectivity index (χ4v) is 6.49. The summed E-state index contributed by atoms with van der Waals surface area (Å²) in [4.78, 5) is 0. The Hall–Kier alpha value is 0.415. The van der Waals surface area contributed by atoms with Gasteiger partial charge in [-0.1, -0.05) is 112 Å². The molecule has 4 unspecified atom stereocenters. The van der Waals surface area contributed by atoms with E-state index in [0.717, 1.165) is 35.3 Å². The maximum Gasteiger partial charge on any atom is 0.101 e. The average molecular weight is 437 g/mol. The number of rotatable bonds is 14. The Bertz CT molecular complexity index is 407. The highest BCUT2D eigenvalue weighted by atomic mass is 32.1. The van der Waals surface area contributed by atoms with Gasteiger partial charge in [-0.15, -0.1) is 0 Å². The van der Waals surface area contributed by atoms with Crippen LogP contribution in [-0.4, -0.2) is 13.6 Å². The highest BCUT2D eigenvalue weighted by molar-refractivity contribution is 7.80. The van der Waals surface area contributed by atoms with Gasteiger partial charge in [-0.3, -0.25) is 0 Å². The SMILES string of the molecule is BCC(CC1CCCC(CS)CC(CCCCCC)CC1)[C@H](CC)CC(C)(C)CC. The Labute approximate surface area is 198 Å². The van der Waals surface area contributed by atoms with Crippen molar-refractivity contribution in [3.63, 3.8) is 0 Å². The molecule has 0 aromatic carbocycles. The van der Waals surface area contributed by atoms with Crippen LogP contribution in [0.2, 0.25) is 6.32 Å². The molecule has 0 bridgehead atoms. The Balaban J connectivity index is 2.71. The predicted octanol–water partition coefficient (Wildman–Crippen LogP) is 9.00. The third-order valence-corrected chi connectivity index (χ3v) is 9.24. The summed E-state index contributed by atoms with van der Waals surface area (Å²) < 4.78 is 0. The lowest BCUT2D eigenvalue weighted by Crippen LogP contribution is -2.24. The summed E-state index contributed by atoms with van der Waals surface area (Å²) in [6.07, 6.45) is 23.0. The minimum Gasteiger partial charge on any atom is -0.179 e. The molecule has 0 aliphatic heterocycles. The van der Waals surface area contributed by atoms with Gasteiger partial charge < -0.3 is 0 Å². The minimum atomic E-state index is 0.510. The van der Waals surface area contributed by atoms with Gasteiger partial charge in [0.2, 0.25) is 0 Å². The molecule has 1 aliphatic rings. The van der Waals surface area contributed by atoms with E-state index < -0.39 is 0 Å². The summed E-state index contributed by atoms with van der Waals surface area (Å²) in [6, 6.07) is 0. The zero-order chi connectivity index (χ0) is 22.4. The van der Waals surface area contributed by atoms with Crippen LogP contribution in [0, 0.1) is 35.0 Å². The van der Waals surface area contributed by atoms with Gasteiger partial charge in [-0.25, -0.2) is 0 Å². The quantitative estimate of drug-likeness (QED) is 0.157. The zero-order valence-electron chi connectivity index (χ0n) is 21.9. The summed E-state index contributed by atoms with van der Waals surface area (Å²) in [7, 11) is 2.47. The van der Waals surface area contributed by atoms with Crippen LogP contribution in [0.3, 0.4) is 0 Å². The molecule has 0 radical (unpaired) electrons. The van der Waals surface area contributed by atoms with Gasteiger partial charge in [0.25, 0.3) is 0 Å². The number of thiol groups is 1. The van der Waals surface area contributed by atoms with Crippen LogP contribution in [0.4, 0.5) is 0 Å². The van der Waals surface area contributed by atoms with Gasteiger partial charge in [-0.05, 0) is 66.4 Å². The van der Waals surface area contributed by atoms with Crippen molar-refractivity contribution < 1.29 is 0 Å². The van der Waals surface area contributed by atoms with Crippen LogP contribution in [-0.2, 0) is 0 Å². The molecule has 30 heavy (non-hydrogen) atoms. The summed E-state index contributed by atoms with van der Waals surface area (Å²) in [6.45, 7) is 12.1. The van der Waals surface area contributed by atoms with Crippen LogP contribution in [0.15, 0.2) is 0 Å². The standard InChI is InChI=1S/C28H57BS/c1-6-9-10-11-13-23-16-17-24(14-12-15-25(18-23)22-30)19-27(21-29)26(7-2)20-28(4,5)8-3/h23-27,30H,6-22,29H2,1-5H3/t23?,24?,25?,26-,27?/m1/s1. The monoisotopic (exact) mass is 436 g/mol. The van der Waals surface area contributed by atoms with Crippen molar-refractivity contribution in [1.82, 2.24) is 0 Å². The molecule has 5 atom stereocenters. The van der Waals surface area contributed by atoms with Crippen molar-refractivity contribution in [2.24, 2.45) is 35.0 Å². The topological polar surface area (TPSA) is 0 Å². The third kappa shape index (κ3) is 11.3. The van der Waals surface area contributed by atoms with Gasteiger partial charge in [0, 0.05) is 0 Å². The molecular formula is C28H57BS. The molecule has 1 rings (SSSR count). The summed E-state index contributed by atoms with van der Waals surface area (Å²) in [5.41, 5.74) is 0.510. The first kappa shape index (κ1) is 28.4. The largest absolute Gasteiger partial charge is 0.179 e. The van der Waals surface area contributed by atoms with E-state index in [1.54, 1.807) is 0 Å². The van der Waals surface area contributed by atoms with Crippen molar-refractivity contribution in [1.29, 1.82) is 0 Å². The molecule has 0 N–H and O–H groups in total. The van der Waals surface area contributed by atoms with Crippen LogP contribution in [0.5, 0.6) is 0 Å². The van der Waals surface area contributed by atoms with E-state index in [4.69, 9.17) is 12.6 Å². The second kappa shape index (κ2) is 16.1. The van der Waals surface area contributed by atoms with Crippen LogP contribution >= 0.6 is 12.6 Å². The maximum atomic E-state index is 4.73. The molecular weight excluding hydrogens is 379 g/mol. The first-order valence-electron chi connectivity index (χ1n) is 14.0. The first-order valence-corrected chi connectivity index (χ1v) is 14.6. The molecule has 178 valence electrons. The van der Waals surface area contributed by atoms with Crippen LogP contribution in [0.1, 0.15) is 131 Å². The third-order valence-electron chi connectivity index (χ3n) is 8.72. The van der Waals surface area contributed by atoms with E-state index in [0.29, 0.717) is 5.41 Å². The number of unbranched alkanes of at least 4 members (excludes halogenated alkanes) is 3. The molecule has 1 aliphatic carbocycles. The van der Waals surface area contributed by atoms with E-state index >= 15 is 0 Å². The lowest BCUT2D eigenvalue weighted by molar-refractivity contribution is 0.176. The molecule has 0 heterocycles. The molecule has 1 saturated carbocycles. The van der Waals surface area contributed by atoms with Gasteiger partial charge in [0.1, 0.15) is 7.85 Å². The van der Waals surface area contributed by atoms with Crippen molar-refractivity contribution in [3.05, 3.63) is 0 Å². The lowest BCUT2D eigenvalue weighted by atomic mass is 9.68. The van der Waals surface area contributed by atoms with Crippen molar-refractivity contribution in [2.75, 3.05) is 5.75 Å². The van der Waals surface area contributed by atoms with E-state index in [1.165, 1.54) is 103 Å². The maximum absolute atomic E-state index is 4.73. The van der Waals surface area contributed by atoms with E-state index in [-0.39, 0.29) is 0 Å². The van der Waals surface area contributed by atoms with E-state index in [2.05, 4.69) is 42.5 Å². The Kier molecular flexibility index (Phi) is 15.3. The molecule has 0 saturated heterocycles. The molecule has 0 amide bonds. The van der Waals surface area contributed by atoms with E-state index in [9.17, 15) is 0 Å². The molecule has 0 aromatic heterocycles. The molecule has 2 heteroatoms. The summed E-state index contributed by atoms with van der Waals surface area (Å²) >= 11 is 4.73. The number of hydrogen-bond donors (Lipinski definition) is 1. The lowest BCUT2D eigenvalue weighted by Gasteiger charge is -2.35. The summed E-state index contributed by atoms with van der Waals surface area (Å²) in [5.74, 6) is 5.80. The smallest absolute Gasteiger partial charge is 0.101 e. The highest BCUT2D eigenvalue weighted by Crippen LogP contribution is 2.40. The molecule has 1 fully saturated rings. The molecule has 0 aromatic rings. The Morgan fingerprint density at radius 2 is 1.60 bits per heavy atom. The molecule has 0 nitrogen and oxygen atoms in total. The van der Waals surface area contributed by atoms with Crippen molar-refractivity contribution in [2.45, 2.75) is 137 Å². The van der Waals surface area contributed by atoms with E-state index in [1.807, 2.05) is 0 Å². The fourth-order valence-electron chi connectivity index (χ4n) is 6.16. The van der Waals surface area contributed by atoms with Gasteiger partial charge >= 0.3 is 0 Å². The Morgan fingerprint density at radius 1 is 0.900 bits per heavy atom. The van der Waals surface area contributed by atoms with Gasteiger partial charge in [0.15, 0.2) is 0 Å². The van der Waals surface area contributed by atoms with Crippen LogP contribution in [0.25, 0.3) is 0 Å². The van der Waals surface area contributed by atoms with Gasteiger partial charge in [0.05, 0.1) is 0 Å². The second-order valence-corrected chi connectivity index (χ2v) is 12.0. The molecule has 0 spiro atoms. The normalized spacial score (nSPS) is 25.9. The summed E-state index contributed by atoms with van der Waals surface area (Å²) in [5, 5.41) is 0. The average Bonchev–Trinajstić information content (AvgIpc) is 2.84. The number of hydrogen-bond acceptors (Lipinski definition) is 1. The van der Waals surface area contributed by atoms with Crippen LogP contribution < -0.4 is 0 Å².